The fraction of sp³-hybridized carbons (Fsp3) is 0.682. The molecule has 0 bridgehead atoms. The largest absolute Gasteiger partial charge is 0.467 e. The molecule has 32 heavy (non-hydrogen) atoms. The molecule has 3 aliphatic rings. The number of carbonyl (C=O) groups is 2. The van der Waals surface area contributed by atoms with Gasteiger partial charge in [-0.15, -0.1) is 0 Å². The molecule has 1 saturated carbocycles. The number of methoxy groups -OCH3 is 1. The van der Waals surface area contributed by atoms with E-state index in [0.29, 0.717) is 44.1 Å². The number of ether oxygens (including phenoxy) is 1. The van der Waals surface area contributed by atoms with E-state index >= 15 is 0 Å². The number of rotatable bonds is 3. The molecule has 6 nitrogen and oxygen atoms in total. The number of alkyl halides is 3. The average molecular weight is 474 g/mol. The lowest BCUT2D eigenvalue weighted by atomic mass is 9.84. The van der Waals surface area contributed by atoms with Crippen molar-refractivity contribution in [2.45, 2.75) is 63.2 Å². The predicted molar refractivity (Wildman–Crippen MR) is 112 cm³/mol. The zero-order chi connectivity index (χ0) is 23.0. The van der Waals surface area contributed by atoms with Gasteiger partial charge < -0.3 is 14.5 Å². The third-order valence-corrected chi connectivity index (χ3v) is 7.39. The number of anilines is 1. The van der Waals surface area contributed by atoms with Gasteiger partial charge in [-0.3, -0.25) is 4.79 Å². The Bertz CT molecular complexity index is 874. The quantitative estimate of drug-likeness (QED) is 0.612. The average Bonchev–Trinajstić information content (AvgIpc) is 3.17. The van der Waals surface area contributed by atoms with Gasteiger partial charge in [0.05, 0.1) is 17.7 Å². The Morgan fingerprint density at radius 3 is 2.47 bits per heavy atom. The summed E-state index contributed by atoms with van der Waals surface area (Å²) in [6.45, 7) is 0.915. The van der Waals surface area contributed by atoms with E-state index in [4.69, 9.17) is 16.3 Å². The highest BCUT2D eigenvalue weighted by molar-refractivity contribution is 6.33. The fourth-order valence-electron chi connectivity index (χ4n) is 5.49. The number of piperidine rings is 1. The number of nitrogens with zero attached hydrogens (tertiary/aromatic N) is 3. The molecule has 2 saturated heterocycles. The zero-order valence-corrected chi connectivity index (χ0v) is 18.7. The predicted octanol–water partition coefficient (Wildman–Crippen LogP) is 4.30. The molecule has 0 spiro atoms. The summed E-state index contributed by atoms with van der Waals surface area (Å²) in [5, 5.41) is -0.0556. The van der Waals surface area contributed by atoms with Crippen LogP contribution in [-0.4, -0.2) is 54.0 Å². The Morgan fingerprint density at radius 1 is 1.16 bits per heavy atom. The number of likely N-dealkylation sites (tertiary alicyclic amines) is 1. The highest BCUT2D eigenvalue weighted by Crippen LogP contribution is 2.42. The van der Waals surface area contributed by atoms with E-state index in [-0.39, 0.29) is 28.9 Å². The Morgan fingerprint density at radius 2 is 1.84 bits per heavy atom. The number of halogens is 4. The number of carbonyl (C=O) groups excluding carboxylic acids is 2. The molecular formula is C22H27ClF3N3O3. The van der Waals surface area contributed by atoms with Gasteiger partial charge in [-0.05, 0) is 44.1 Å². The maximum atomic E-state index is 13.5. The maximum Gasteiger partial charge on any atom is 0.417 e. The van der Waals surface area contributed by atoms with Crippen molar-refractivity contribution in [3.63, 3.8) is 0 Å². The van der Waals surface area contributed by atoms with E-state index < -0.39 is 17.8 Å². The van der Waals surface area contributed by atoms with Crippen molar-refractivity contribution in [3.8, 4) is 0 Å². The maximum absolute atomic E-state index is 13.5. The number of hydrogen-bond acceptors (Lipinski definition) is 5. The van der Waals surface area contributed by atoms with Gasteiger partial charge in [0.25, 0.3) is 0 Å². The van der Waals surface area contributed by atoms with Gasteiger partial charge >= 0.3 is 12.1 Å². The van der Waals surface area contributed by atoms with Gasteiger partial charge in [-0.2, -0.15) is 13.2 Å². The molecule has 2 aliphatic heterocycles. The van der Waals surface area contributed by atoms with Crippen LogP contribution >= 0.6 is 11.6 Å². The second-order valence-corrected chi connectivity index (χ2v) is 9.33. The van der Waals surface area contributed by atoms with Crippen LogP contribution in [0.2, 0.25) is 5.02 Å². The molecular weight excluding hydrogens is 447 g/mol. The zero-order valence-electron chi connectivity index (χ0n) is 17.9. The van der Waals surface area contributed by atoms with Gasteiger partial charge in [-0.25, -0.2) is 9.78 Å². The van der Waals surface area contributed by atoms with Crippen LogP contribution in [0.4, 0.5) is 19.0 Å². The number of esters is 1. The van der Waals surface area contributed by atoms with Crippen LogP contribution in [0.25, 0.3) is 0 Å². The van der Waals surface area contributed by atoms with Gasteiger partial charge in [0, 0.05) is 31.2 Å². The number of pyridine rings is 1. The molecule has 176 valence electrons. The normalized spacial score (nSPS) is 26.7. The number of hydrogen-bond donors (Lipinski definition) is 0. The minimum absolute atomic E-state index is 0.0130. The minimum Gasteiger partial charge on any atom is -0.467 e. The monoisotopic (exact) mass is 473 g/mol. The van der Waals surface area contributed by atoms with Crippen LogP contribution in [0.5, 0.6) is 0 Å². The lowest BCUT2D eigenvalue weighted by molar-refractivity contribution is -0.154. The molecule has 0 N–H and O–H groups in total. The molecule has 3 fully saturated rings. The van der Waals surface area contributed by atoms with Crippen molar-refractivity contribution in [2.75, 3.05) is 25.1 Å². The van der Waals surface area contributed by atoms with Crippen LogP contribution in [0.1, 0.15) is 50.5 Å². The van der Waals surface area contributed by atoms with Crippen LogP contribution < -0.4 is 4.90 Å². The smallest absolute Gasteiger partial charge is 0.417 e. The van der Waals surface area contributed by atoms with E-state index in [0.717, 1.165) is 37.9 Å². The third-order valence-electron chi connectivity index (χ3n) is 7.11. The molecule has 0 aromatic carbocycles. The standard InChI is InChI=1S/C22H27ClF3N3O3/c1-32-21(31)18-10-14-4-2-3-5-17(14)29(18)20(30)13-6-8-28(9-7-13)19-16(23)11-15(12-27-19)22(24,25)26/h11-14,17-18H,2-10H2,1H3. The first kappa shape index (κ1) is 23.1. The number of amides is 1. The van der Waals surface area contributed by atoms with Crippen LogP contribution in [0.15, 0.2) is 12.3 Å². The van der Waals surface area contributed by atoms with Crippen LogP contribution in [-0.2, 0) is 20.5 Å². The fourth-order valence-corrected chi connectivity index (χ4v) is 5.78. The lowest BCUT2D eigenvalue weighted by Crippen LogP contribution is -2.51. The summed E-state index contributed by atoms with van der Waals surface area (Å²) in [6, 6.07) is 0.448. The molecule has 3 heterocycles. The SMILES string of the molecule is COC(=O)C1CC2CCCCC2N1C(=O)C1CCN(c2ncc(C(F)(F)F)cc2Cl)CC1. The van der Waals surface area contributed by atoms with E-state index in [1.807, 2.05) is 4.90 Å². The molecule has 4 rings (SSSR count). The molecule has 1 aromatic rings. The first-order valence-corrected chi connectivity index (χ1v) is 11.5. The molecule has 3 atom stereocenters. The van der Waals surface area contributed by atoms with Gasteiger partial charge in [0.1, 0.15) is 11.9 Å². The molecule has 0 radical (unpaired) electrons. The molecule has 10 heteroatoms. The van der Waals surface area contributed by atoms with Gasteiger partial charge in [0.2, 0.25) is 5.91 Å². The van der Waals surface area contributed by atoms with Crippen LogP contribution in [0.3, 0.4) is 0 Å². The summed E-state index contributed by atoms with van der Waals surface area (Å²) in [7, 11) is 1.35. The summed E-state index contributed by atoms with van der Waals surface area (Å²) < 4.78 is 43.6. The van der Waals surface area contributed by atoms with E-state index in [1.54, 1.807) is 4.90 Å². The van der Waals surface area contributed by atoms with Gasteiger partial charge in [-0.1, -0.05) is 24.4 Å². The second-order valence-electron chi connectivity index (χ2n) is 8.92. The summed E-state index contributed by atoms with van der Waals surface area (Å²) in [4.78, 5) is 33.4. The third kappa shape index (κ3) is 4.40. The Kier molecular flexibility index (Phi) is 6.56. The topological polar surface area (TPSA) is 62.7 Å². The number of aromatic nitrogens is 1. The van der Waals surface area contributed by atoms with Crippen molar-refractivity contribution in [1.29, 1.82) is 0 Å². The lowest BCUT2D eigenvalue weighted by Gasteiger charge is -2.38. The van der Waals surface area contributed by atoms with Crippen molar-refractivity contribution in [1.82, 2.24) is 9.88 Å². The summed E-state index contributed by atoms with van der Waals surface area (Å²) in [5.41, 5.74) is -0.888. The Labute approximate surface area is 190 Å². The minimum atomic E-state index is -4.50. The van der Waals surface area contributed by atoms with Crippen molar-refractivity contribution in [2.24, 2.45) is 11.8 Å². The van der Waals surface area contributed by atoms with Crippen molar-refractivity contribution in [3.05, 3.63) is 22.8 Å². The van der Waals surface area contributed by atoms with Crippen LogP contribution in [0, 0.1) is 11.8 Å². The van der Waals surface area contributed by atoms with Gasteiger partial charge in [0.15, 0.2) is 0 Å². The van der Waals surface area contributed by atoms with E-state index in [9.17, 15) is 22.8 Å². The van der Waals surface area contributed by atoms with E-state index in [1.165, 1.54) is 7.11 Å². The second kappa shape index (κ2) is 9.08. The summed E-state index contributed by atoms with van der Waals surface area (Å²) in [6.07, 6.45) is 2.11. The highest BCUT2D eigenvalue weighted by atomic mass is 35.5. The van der Waals surface area contributed by atoms with E-state index in [2.05, 4.69) is 4.98 Å². The molecule has 1 amide bonds. The first-order valence-electron chi connectivity index (χ1n) is 11.1. The Hall–Kier alpha value is -2.03. The number of fused-ring (bicyclic) bond motifs is 1. The Balaban J connectivity index is 1.44. The first-order chi connectivity index (χ1) is 15.2. The molecule has 1 aromatic heterocycles. The van der Waals surface area contributed by atoms with Crippen molar-refractivity contribution < 1.29 is 27.5 Å². The molecule has 3 unspecified atom stereocenters. The highest BCUT2D eigenvalue weighted by Gasteiger charge is 2.49. The van der Waals surface area contributed by atoms with Crippen molar-refractivity contribution >= 4 is 29.3 Å². The molecule has 1 aliphatic carbocycles. The summed E-state index contributed by atoms with van der Waals surface area (Å²) >= 11 is 6.09. The summed E-state index contributed by atoms with van der Waals surface area (Å²) in [5.74, 6) is 0.0257.